The van der Waals surface area contributed by atoms with Crippen LogP contribution in [0.3, 0.4) is 0 Å². The summed E-state index contributed by atoms with van der Waals surface area (Å²) in [5.41, 5.74) is 2.34. The van der Waals surface area contributed by atoms with E-state index in [-0.39, 0.29) is 11.5 Å². The Balaban J connectivity index is 3.02. The molecule has 0 aliphatic rings. The molecule has 4 heteroatoms. The smallest absolute Gasteiger partial charge is 0.335 e. The second-order valence-corrected chi connectivity index (χ2v) is 3.85. The highest BCUT2D eigenvalue weighted by Crippen LogP contribution is 2.19. The van der Waals surface area contributed by atoms with Crippen LogP contribution in [0.5, 0.6) is 0 Å². The van der Waals surface area contributed by atoms with Crippen LogP contribution in [0.4, 0.5) is 0 Å². The van der Waals surface area contributed by atoms with Crippen LogP contribution < -0.4 is 0 Å². The number of carbonyl (C=O) groups is 2. The van der Waals surface area contributed by atoms with E-state index in [2.05, 4.69) is 0 Å². The summed E-state index contributed by atoms with van der Waals surface area (Å²) in [4.78, 5) is 22.3. The van der Waals surface area contributed by atoms with Crippen molar-refractivity contribution in [3.8, 4) is 0 Å². The molecule has 18 heavy (non-hydrogen) atoms. The third-order valence-corrected chi connectivity index (χ3v) is 2.71. The van der Waals surface area contributed by atoms with E-state index in [0.29, 0.717) is 12.2 Å². The third-order valence-electron chi connectivity index (χ3n) is 2.71. The van der Waals surface area contributed by atoms with Gasteiger partial charge in [-0.3, -0.25) is 0 Å². The first-order valence-corrected chi connectivity index (χ1v) is 5.65. The maximum absolute atomic E-state index is 11.6. The summed E-state index contributed by atoms with van der Waals surface area (Å²) >= 11 is 0. The average molecular weight is 248 g/mol. The molecule has 96 valence electrons. The molecule has 0 saturated carbocycles. The quantitative estimate of drug-likeness (QED) is 0.657. The number of aromatic carboxylic acids is 1. The van der Waals surface area contributed by atoms with E-state index in [1.165, 1.54) is 12.1 Å². The van der Waals surface area contributed by atoms with Gasteiger partial charge in [-0.15, -0.1) is 0 Å². The first-order chi connectivity index (χ1) is 8.47. The molecule has 4 nitrogen and oxygen atoms in total. The number of carbonyl (C=O) groups excluding carboxylic acids is 1. The Morgan fingerprint density at radius 2 is 1.61 bits per heavy atom. The third kappa shape index (κ3) is 3.20. The fourth-order valence-corrected chi connectivity index (χ4v) is 1.47. The van der Waals surface area contributed by atoms with Gasteiger partial charge in [0.15, 0.2) is 0 Å². The van der Waals surface area contributed by atoms with Crippen molar-refractivity contribution < 1.29 is 19.4 Å². The van der Waals surface area contributed by atoms with Crippen LogP contribution in [0.25, 0.3) is 5.57 Å². The molecule has 0 heterocycles. The van der Waals surface area contributed by atoms with Crippen LogP contribution in [0.15, 0.2) is 29.8 Å². The average Bonchev–Trinajstić information content (AvgIpc) is 2.37. The van der Waals surface area contributed by atoms with E-state index in [0.717, 1.165) is 11.1 Å². The number of carboxylic acids is 1. The number of carboxylic acid groups (broad SMARTS) is 1. The van der Waals surface area contributed by atoms with Gasteiger partial charge >= 0.3 is 11.9 Å². The van der Waals surface area contributed by atoms with Gasteiger partial charge in [0.05, 0.1) is 12.2 Å². The molecule has 0 atom stereocenters. The van der Waals surface area contributed by atoms with E-state index in [1.807, 2.05) is 6.92 Å². The van der Waals surface area contributed by atoms with Crippen LogP contribution in [-0.4, -0.2) is 23.7 Å². The van der Waals surface area contributed by atoms with Crippen molar-refractivity contribution in [2.24, 2.45) is 0 Å². The van der Waals surface area contributed by atoms with Crippen LogP contribution in [0.1, 0.15) is 36.7 Å². The predicted octanol–water partition coefficient (Wildman–Crippen LogP) is 2.74. The van der Waals surface area contributed by atoms with E-state index in [1.54, 1.807) is 26.0 Å². The van der Waals surface area contributed by atoms with Gasteiger partial charge in [-0.25, -0.2) is 9.59 Å². The zero-order valence-electron chi connectivity index (χ0n) is 10.7. The first-order valence-electron chi connectivity index (χ1n) is 5.65. The number of allylic oxidation sites excluding steroid dienone is 1. The van der Waals surface area contributed by atoms with Crippen LogP contribution in [-0.2, 0) is 9.53 Å². The molecule has 0 saturated heterocycles. The Labute approximate surface area is 106 Å². The second kappa shape index (κ2) is 6.00. The SMILES string of the molecule is CCOC(=O)C(C)=C(C)c1ccc(C(=O)O)cc1. The molecule has 0 bridgehead atoms. The van der Waals surface area contributed by atoms with Crippen molar-refractivity contribution in [1.29, 1.82) is 0 Å². The van der Waals surface area contributed by atoms with E-state index < -0.39 is 5.97 Å². The highest BCUT2D eigenvalue weighted by atomic mass is 16.5. The van der Waals surface area contributed by atoms with Gasteiger partial charge in [0.2, 0.25) is 0 Å². The molecule has 0 amide bonds. The number of rotatable bonds is 4. The molecular weight excluding hydrogens is 232 g/mol. The van der Waals surface area contributed by atoms with Gasteiger partial charge in [0.1, 0.15) is 0 Å². The molecular formula is C14H16O4. The Morgan fingerprint density at radius 1 is 1.11 bits per heavy atom. The summed E-state index contributed by atoms with van der Waals surface area (Å²) in [6.07, 6.45) is 0. The van der Waals surface area contributed by atoms with Crippen LogP contribution in [0, 0.1) is 0 Å². The van der Waals surface area contributed by atoms with Gasteiger partial charge in [0, 0.05) is 5.57 Å². The minimum absolute atomic E-state index is 0.223. The van der Waals surface area contributed by atoms with Crippen molar-refractivity contribution in [2.45, 2.75) is 20.8 Å². The summed E-state index contributed by atoms with van der Waals surface area (Å²) in [7, 11) is 0. The lowest BCUT2D eigenvalue weighted by molar-refractivity contribution is -0.138. The van der Waals surface area contributed by atoms with E-state index in [9.17, 15) is 9.59 Å². The molecule has 0 aliphatic heterocycles. The molecule has 1 aromatic carbocycles. The van der Waals surface area contributed by atoms with E-state index in [4.69, 9.17) is 9.84 Å². The van der Waals surface area contributed by atoms with Gasteiger partial charge in [-0.2, -0.15) is 0 Å². The van der Waals surface area contributed by atoms with Crippen molar-refractivity contribution in [3.63, 3.8) is 0 Å². The monoisotopic (exact) mass is 248 g/mol. The lowest BCUT2D eigenvalue weighted by atomic mass is 10.0. The van der Waals surface area contributed by atoms with Gasteiger partial charge in [-0.1, -0.05) is 12.1 Å². The summed E-state index contributed by atoms with van der Waals surface area (Å²) < 4.78 is 4.92. The molecule has 0 spiro atoms. The fourth-order valence-electron chi connectivity index (χ4n) is 1.47. The number of hydrogen-bond donors (Lipinski definition) is 1. The number of hydrogen-bond acceptors (Lipinski definition) is 3. The topological polar surface area (TPSA) is 63.6 Å². The second-order valence-electron chi connectivity index (χ2n) is 3.85. The predicted molar refractivity (Wildman–Crippen MR) is 68.3 cm³/mol. The standard InChI is InChI=1S/C14H16O4/c1-4-18-14(17)10(3)9(2)11-5-7-12(8-6-11)13(15)16/h5-8H,4H2,1-3H3,(H,15,16). The Morgan fingerprint density at radius 3 is 2.06 bits per heavy atom. The first kappa shape index (κ1) is 14.0. The molecule has 1 aromatic rings. The largest absolute Gasteiger partial charge is 0.478 e. The maximum Gasteiger partial charge on any atom is 0.335 e. The number of benzene rings is 1. The van der Waals surface area contributed by atoms with Crippen LogP contribution >= 0.6 is 0 Å². The normalized spacial score (nSPS) is 11.7. The summed E-state index contributed by atoms with van der Waals surface area (Å²) in [6.45, 7) is 5.59. The van der Waals surface area contributed by atoms with E-state index >= 15 is 0 Å². The summed E-state index contributed by atoms with van der Waals surface area (Å²) in [5, 5.41) is 8.80. The molecule has 1 rings (SSSR count). The molecule has 0 radical (unpaired) electrons. The van der Waals surface area contributed by atoms with Crippen molar-refractivity contribution >= 4 is 17.5 Å². The molecule has 0 aliphatic carbocycles. The zero-order valence-corrected chi connectivity index (χ0v) is 10.7. The number of ether oxygens (including phenoxy) is 1. The highest BCUT2D eigenvalue weighted by Gasteiger charge is 2.10. The summed E-state index contributed by atoms with van der Waals surface area (Å²) in [5.74, 6) is -1.32. The van der Waals surface area contributed by atoms with Crippen LogP contribution in [0.2, 0.25) is 0 Å². The highest BCUT2D eigenvalue weighted by molar-refractivity contribution is 5.97. The molecule has 0 aromatic heterocycles. The van der Waals surface area contributed by atoms with Crippen molar-refractivity contribution in [1.82, 2.24) is 0 Å². The summed E-state index contributed by atoms with van der Waals surface area (Å²) in [6, 6.07) is 6.39. The maximum atomic E-state index is 11.6. The van der Waals surface area contributed by atoms with Gasteiger partial charge < -0.3 is 9.84 Å². The lowest BCUT2D eigenvalue weighted by Crippen LogP contribution is -2.06. The lowest BCUT2D eigenvalue weighted by Gasteiger charge is -2.07. The Kier molecular flexibility index (Phi) is 4.66. The molecule has 0 unspecified atom stereocenters. The zero-order chi connectivity index (χ0) is 13.7. The molecule has 1 N–H and O–H groups in total. The van der Waals surface area contributed by atoms with Crippen molar-refractivity contribution in [2.75, 3.05) is 6.61 Å². The Bertz CT molecular complexity index is 483. The minimum Gasteiger partial charge on any atom is -0.478 e. The molecule has 0 fully saturated rings. The Hall–Kier alpha value is -2.10. The fraction of sp³-hybridized carbons (Fsp3) is 0.286. The van der Waals surface area contributed by atoms with Crippen molar-refractivity contribution in [3.05, 3.63) is 41.0 Å². The minimum atomic E-state index is -0.967. The van der Waals surface area contributed by atoms with Gasteiger partial charge in [-0.05, 0) is 44.0 Å². The number of esters is 1. The van der Waals surface area contributed by atoms with Gasteiger partial charge in [0.25, 0.3) is 0 Å².